The highest BCUT2D eigenvalue weighted by Crippen LogP contribution is 2.22. The molecule has 0 N–H and O–H groups in total. The number of benzene rings is 1. The maximum Gasteiger partial charge on any atom is 0.233 e. The minimum Gasteiger partial charge on any atom is -0.383 e. The molecule has 0 bridgehead atoms. The Balaban J connectivity index is 1.57. The van der Waals surface area contributed by atoms with Crippen molar-refractivity contribution in [3.63, 3.8) is 0 Å². The van der Waals surface area contributed by atoms with Gasteiger partial charge in [0.2, 0.25) is 5.91 Å². The zero-order valence-electron chi connectivity index (χ0n) is 14.1. The number of tetrazole rings is 1. The highest BCUT2D eigenvalue weighted by Gasteiger charge is 2.29. The van der Waals surface area contributed by atoms with Gasteiger partial charge in [-0.25, -0.2) is 4.68 Å². The summed E-state index contributed by atoms with van der Waals surface area (Å²) < 4.78 is 12.5. The number of thioether (sulfide) groups is 1. The SMILES string of the molecule is COCCn1nnnc1[C@@H]1CN(C(=O)CSc2ccccc2)CCO1. The molecule has 1 amide bonds. The van der Waals surface area contributed by atoms with Crippen LogP contribution in [0, 0.1) is 0 Å². The van der Waals surface area contributed by atoms with Crippen molar-refractivity contribution >= 4 is 17.7 Å². The quantitative estimate of drug-likeness (QED) is 0.679. The molecule has 1 aliphatic heterocycles. The van der Waals surface area contributed by atoms with Crippen LogP contribution in [-0.2, 0) is 20.8 Å². The second kappa shape index (κ2) is 8.93. The summed E-state index contributed by atoms with van der Waals surface area (Å²) in [6, 6.07) is 9.91. The fraction of sp³-hybridized carbons (Fsp3) is 0.500. The third kappa shape index (κ3) is 4.77. The average molecular weight is 363 g/mol. The second-order valence-electron chi connectivity index (χ2n) is 5.55. The summed E-state index contributed by atoms with van der Waals surface area (Å²) in [6.07, 6.45) is -0.314. The number of amides is 1. The van der Waals surface area contributed by atoms with E-state index >= 15 is 0 Å². The van der Waals surface area contributed by atoms with Crippen LogP contribution in [0.3, 0.4) is 0 Å². The molecule has 1 aromatic heterocycles. The van der Waals surface area contributed by atoms with Crippen molar-refractivity contribution in [3.8, 4) is 0 Å². The lowest BCUT2D eigenvalue weighted by Crippen LogP contribution is -2.43. The molecule has 1 aliphatic rings. The van der Waals surface area contributed by atoms with Gasteiger partial charge in [-0.1, -0.05) is 18.2 Å². The first-order chi connectivity index (χ1) is 12.3. The Morgan fingerprint density at radius 2 is 2.24 bits per heavy atom. The van der Waals surface area contributed by atoms with Crippen LogP contribution in [-0.4, -0.2) is 70.2 Å². The Kier molecular flexibility index (Phi) is 6.37. The second-order valence-corrected chi connectivity index (χ2v) is 6.60. The Morgan fingerprint density at radius 1 is 1.40 bits per heavy atom. The van der Waals surface area contributed by atoms with E-state index in [4.69, 9.17) is 9.47 Å². The number of carbonyl (C=O) groups is 1. The van der Waals surface area contributed by atoms with Crippen molar-refractivity contribution in [1.82, 2.24) is 25.1 Å². The molecule has 8 nitrogen and oxygen atoms in total. The van der Waals surface area contributed by atoms with Crippen LogP contribution >= 0.6 is 11.8 Å². The summed E-state index contributed by atoms with van der Waals surface area (Å²) in [5, 5.41) is 11.7. The topological polar surface area (TPSA) is 82.4 Å². The molecule has 0 unspecified atom stereocenters. The van der Waals surface area contributed by atoms with Crippen molar-refractivity contribution < 1.29 is 14.3 Å². The summed E-state index contributed by atoms with van der Waals surface area (Å²) in [5.74, 6) is 1.13. The largest absolute Gasteiger partial charge is 0.383 e. The van der Waals surface area contributed by atoms with E-state index in [0.717, 1.165) is 4.90 Å². The van der Waals surface area contributed by atoms with E-state index in [2.05, 4.69) is 15.5 Å². The smallest absolute Gasteiger partial charge is 0.233 e. The molecule has 1 fully saturated rings. The van der Waals surface area contributed by atoms with Gasteiger partial charge in [-0.05, 0) is 22.6 Å². The monoisotopic (exact) mass is 363 g/mol. The van der Waals surface area contributed by atoms with Gasteiger partial charge in [0.1, 0.15) is 6.10 Å². The number of ether oxygens (including phenoxy) is 2. The zero-order chi connectivity index (χ0) is 17.5. The lowest BCUT2D eigenvalue weighted by Gasteiger charge is -2.32. The molecule has 25 heavy (non-hydrogen) atoms. The van der Waals surface area contributed by atoms with E-state index in [1.54, 1.807) is 23.6 Å². The predicted molar refractivity (Wildman–Crippen MR) is 92.1 cm³/mol. The third-order valence-corrected chi connectivity index (χ3v) is 4.88. The predicted octanol–water partition coefficient (Wildman–Crippen LogP) is 1.01. The van der Waals surface area contributed by atoms with Gasteiger partial charge in [0, 0.05) is 18.6 Å². The standard InChI is InChI=1S/C16H21N5O3S/c1-23-9-8-21-16(17-18-19-21)14-11-20(7-10-24-14)15(22)12-25-13-5-3-2-4-6-13/h2-6,14H,7-12H2,1H3/t14-/m0/s1. The van der Waals surface area contributed by atoms with Crippen LogP contribution in [0.1, 0.15) is 11.9 Å². The lowest BCUT2D eigenvalue weighted by molar-refractivity contribution is -0.136. The van der Waals surface area contributed by atoms with E-state index in [1.165, 1.54) is 0 Å². The number of aromatic nitrogens is 4. The van der Waals surface area contributed by atoms with Crippen LogP contribution in [0.25, 0.3) is 0 Å². The van der Waals surface area contributed by atoms with E-state index in [-0.39, 0.29) is 12.0 Å². The van der Waals surface area contributed by atoms with E-state index in [1.807, 2.05) is 35.2 Å². The minimum atomic E-state index is -0.314. The van der Waals surface area contributed by atoms with Gasteiger partial charge in [-0.2, -0.15) is 0 Å². The van der Waals surface area contributed by atoms with Crippen LogP contribution < -0.4 is 0 Å². The highest BCUT2D eigenvalue weighted by molar-refractivity contribution is 8.00. The van der Waals surface area contributed by atoms with Crippen molar-refractivity contribution in [2.45, 2.75) is 17.5 Å². The van der Waals surface area contributed by atoms with Gasteiger partial charge in [-0.3, -0.25) is 4.79 Å². The molecular weight excluding hydrogens is 342 g/mol. The van der Waals surface area contributed by atoms with Crippen LogP contribution in [0.5, 0.6) is 0 Å². The number of nitrogens with zero attached hydrogens (tertiary/aromatic N) is 5. The van der Waals surface area contributed by atoms with Crippen LogP contribution in [0.2, 0.25) is 0 Å². The molecule has 2 aromatic rings. The maximum atomic E-state index is 12.5. The molecule has 2 heterocycles. The normalized spacial score (nSPS) is 17.6. The van der Waals surface area contributed by atoms with Crippen molar-refractivity contribution in [1.29, 1.82) is 0 Å². The molecule has 1 atom stereocenters. The molecule has 0 saturated carbocycles. The summed E-state index contributed by atoms with van der Waals surface area (Å²) in [7, 11) is 1.63. The first-order valence-corrected chi connectivity index (χ1v) is 9.08. The van der Waals surface area contributed by atoms with Crippen LogP contribution in [0.15, 0.2) is 35.2 Å². The van der Waals surface area contributed by atoms with Gasteiger partial charge < -0.3 is 14.4 Å². The van der Waals surface area contributed by atoms with E-state index in [0.29, 0.717) is 44.4 Å². The van der Waals surface area contributed by atoms with Gasteiger partial charge >= 0.3 is 0 Å². The Hall–Kier alpha value is -1.97. The summed E-state index contributed by atoms with van der Waals surface area (Å²) >= 11 is 1.54. The van der Waals surface area contributed by atoms with Gasteiger partial charge in [0.25, 0.3) is 0 Å². The fourth-order valence-electron chi connectivity index (χ4n) is 2.56. The summed E-state index contributed by atoms with van der Waals surface area (Å²) in [4.78, 5) is 15.4. The Morgan fingerprint density at radius 3 is 3.04 bits per heavy atom. The molecule has 0 radical (unpaired) electrons. The number of morpholine rings is 1. The molecule has 0 spiro atoms. The average Bonchev–Trinajstić information content (AvgIpc) is 3.14. The van der Waals surface area contributed by atoms with Gasteiger partial charge in [0.05, 0.1) is 32.1 Å². The van der Waals surface area contributed by atoms with Crippen molar-refractivity contribution in [2.24, 2.45) is 0 Å². The molecule has 0 aliphatic carbocycles. The first-order valence-electron chi connectivity index (χ1n) is 8.10. The Bertz CT molecular complexity index is 681. The molecule has 134 valence electrons. The molecular formula is C16H21N5O3S. The van der Waals surface area contributed by atoms with Crippen molar-refractivity contribution in [2.75, 3.05) is 39.2 Å². The van der Waals surface area contributed by atoms with E-state index in [9.17, 15) is 4.79 Å². The highest BCUT2D eigenvalue weighted by atomic mass is 32.2. The number of methoxy groups -OCH3 is 1. The zero-order valence-corrected chi connectivity index (χ0v) is 14.9. The number of rotatable bonds is 7. The van der Waals surface area contributed by atoms with E-state index < -0.39 is 0 Å². The lowest BCUT2D eigenvalue weighted by atomic mass is 10.2. The van der Waals surface area contributed by atoms with Crippen molar-refractivity contribution in [3.05, 3.63) is 36.2 Å². The summed E-state index contributed by atoms with van der Waals surface area (Å²) in [6.45, 7) is 2.59. The molecule has 3 rings (SSSR count). The van der Waals surface area contributed by atoms with Gasteiger partial charge in [0.15, 0.2) is 5.82 Å². The maximum absolute atomic E-state index is 12.5. The number of hydrogen-bond donors (Lipinski definition) is 0. The van der Waals surface area contributed by atoms with Crippen LogP contribution in [0.4, 0.5) is 0 Å². The summed E-state index contributed by atoms with van der Waals surface area (Å²) in [5.41, 5.74) is 0. The number of hydrogen-bond acceptors (Lipinski definition) is 7. The molecule has 1 aromatic carbocycles. The molecule has 1 saturated heterocycles. The first kappa shape index (κ1) is 17.8. The Labute approximate surface area is 150 Å². The fourth-order valence-corrected chi connectivity index (χ4v) is 3.39. The minimum absolute atomic E-state index is 0.0954. The number of carbonyl (C=O) groups excluding carboxylic acids is 1. The third-order valence-electron chi connectivity index (χ3n) is 3.88. The molecule has 9 heteroatoms. The van der Waals surface area contributed by atoms with Gasteiger partial charge in [-0.15, -0.1) is 16.9 Å².